The van der Waals surface area contributed by atoms with Crippen LogP contribution in [0.3, 0.4) is 0 Å². The first kappa shape index (κ1) is 19.1. The summed E-state index contributed by atoms with van der Waals surface area (Å²) in [6, 6.07) is 4.36. The average molecular weight is 361 g/mol. The summed E-state index contributed by atoms with van der Waals surface area (Å²) >= 11 is 0. The number of aromatic nitrogens is 1. The Labute approximate surface area is 156 Å². The molecule has 2 saturated heterocycles. The van der Waals surface area contributed by atoms with E-state index in [1.165, 1.54) is 0 Å². The number of nitrogens with one attached hydrogen (secondary N) is 1. The number of morpholine rings is 1. The van der Waals surface area contributed by atoms with Crippen molar-refractivity contribution in [3.8, 4) is 0 Å². The monoisotopic (exact) mass is 361 g/mol. The molecule has 2 aliphatic heterocycles. The predicted molar refractivity (Wildman–Crippen MR) is 103 cm³/mol. The Kier molecular flexibility index (Phi) is 6.82. The number of carbonyl (C=O) groups is 1. The lowest BCUT2D eigenvalue weighted by Gasteiger charge is -2.40. The predicted octanol–water partition coefficient (Wildman–Crippen LogP) is 0.992. The Morgan fingerprint density at radius 1 is 1.23 bits per heavy atom. The van der Waals surface area contributed by atoms with Gasteiger partial charge in [-0.15, -0.1) is 0 Å². The fourth-order valence-corrected chi connectivity index (χ4v) is 3.59. The van der Waals surface area contributed by atoms with E-state index in [1.807, 2.05) is 31.1 Å². The summed E-state index contributed by atoms with van der Waals surface area (Å²) in [5.74, 6) is 0.909. The number of ether oxygens (including phenoxy) is 1. The third-order valence-corrected chi connectivity index (χ3v) is 5.19. The number of piperidine rings is 1. The summed E-state index contributed by atoms with van der Waals surface area (Å²) in [5, 5.41) is 3.27. The molecule has 26 heavy (non-hydrogen) atoms. The Bertz CT molecular complexity index is 564. The average Bonchev–Trinajstić information content (AvgIpc) is 2.68. The van der Waals surface area contributed by atoms with Crippen LogP contribution in [0.4, 0.5) is 5.82 Å². The van der Waals surface area contributed by atoms with E-state index in [-0.39, 0.29) is 5.91 Å². The highest BCUT2D eigenvalue weighted by Crippen LogP contribution is 2.19. The van der Waals surface area contributed by atoms with Crippen LogP contribution in [0, 0.1) is 0 Å². The van der Waals surface area contributed by atoms with Crippen LogP contribution in [0.25, 0.3) is 0 Å². The van der Waals surface area contributed by atoms with Gasteiger partial charge in [0.2, 0.25) is 0 Å². The minimum atomic E-state index is 0.0952. The zero-order chi connectivity index (χ0) is 18.4. The molecule has 0 radical (unpaired) electrons. The number of amides is 1. The van der Waals surface area contributed by atoms with Crippen LogP contribution in [-0.2, 0) is 4.74 Å². The molecule has 0 unspecified atom stereocenters. The molecular formula is C19H31N5O2. The minimum Gasteiger partial charge on any atom is -0.379 e. The Balaban J connectivity index is 1.47. The highest BCUT2D eigenvalue weighted by molar-refractivity contribution is 5.94. The van der Waals surface area contributed by atoms with Gasteiger partial charge in [-0.05, 0) is 39.1 Å². The van der Waals surface area contributed by atoms with Crippen molar-refractivity contribution in [2.45, 2.75) is 18.9 Å². The molecule has 144 valence electrons. The maximum absolute atomic E-state index is 12.7. The zero-order valence-electron chi connectivity index (χ0n) is 16.0. The number of carbonyl (C=O) groups excluding carboxylic acids is 1. The number of hydrogen-bond acceptors (Lipinski definition) is 6. The van der Waals surface area contributed by atoms with E-state index in [4.69, 9.17) is 4.74 Å². The van der Waals surface area contributed by atoms with E-state index in [2.05, 4.69) is 20.1 Å². The Morgan fingerprint density at radius 2 is 1.96 bits per heavy atom. The summed E-state index contributed by atoms with van der Waals surface area (Å²) < 4.78 is 5.43. The van der Waals surface area contributed by atoms with Gasteiger partial charge in [0.25, 0.3) is 5.91 Å². The van der Waals surface area contributed by atoms with Gasteiger partial charge >= 0.3 is 0 Å². The van der Waals surface area contributed by atoms with Crippen molar-refractivity contribution < 1.29 is 9.53 Å². The summed E-state index contributed by atoms with van der Waals surface area (Å²) in [4.78, 5) is 23.7. The summed E-state index contributed by atoms with van der Waals surface area (Å²) in [5.41, 5.74) is 0.674. The second-order valence-electron chi connectivity index (χ2n) is 7.33. The summed E-state index contributed by atoms with van der Waals surface area (Å²) in [7, 11) is 4.08. The van der Waals surface area contributed by atoms with E-state index >= 15 is 0 Å². The first-order valence-electron chi connectivity index (χ1n) is 9.59. The molecule has 0 atom stereocenters. The highest BCUT2D eigenvalue weighted by atomic mass is 16.5. The third-order valence-electron chi connectivity index (χ3n) is 5.19. The molecule has 1 amide bonds. The first-order chi connectivity index (χ1) is 12.6. The first-order valence-corrected chi connectivity index (χ1v) is 9.59. The zero-order valence-corrected chi connectivity index (χ0v) is 16.0. The second-order valence-corrected chi connectivity index (χ2v) is 7.33. The molecule has 0 saturated carbocycles. The van der Waals surface area contributed by atoms with Gasteiger partial charge < -0.3 is 19.9 Å². The molecule has 2 fully saturated rings. The van der Waals surface area contributed by atoms with Gasteiger partial charge in [-0.3, -0.25) is 9.69 Å². The van der Waals surface area contributed by atoms with Crippen molar-refractivity contribution in [1.82, 2.24) is 19.7 Å². The van der Waals surface area contributed by atoms with Crippen LogP contribution in [0.2, 0.25) is 0 Å². The smallest absolute Gasteiger partial charge is 0.255 e. The van der Waals surface area contributed by atoms with Crippen LogP contribution >= 0.6 is 0 Å². The van der Waals surface area contributed by atoms with Crippen LogP contribution < -0.4 is 5.32 Å². The normalized spacial score (nSPS) is 19.7. The van der Waals surface area contributed by atoms with Crippen LogP contribution in [0.5, 0.6) is 0 Å². The minimum absolute atomic E-state index is 0.0952. The third kappa shape index (κ3) is 5.16. The van der Waals surface area contributed by atoms with Crippen molar-refractivity contribution in [1.29, 1.82) is 0 Å². The number of nitrogens with zero attached hydrogens (tertiary/aromatic N) is 4. The van der Waals surface area contributed by atoms with Crippen molar-refractivity contribution in [3.63, 3.8) is 0 Å². The van der Waals surface area contributed by atoms with Gasteiger partial charge in [-0.25, -0.2) is 4.98 Å². The van der Waals surface area contributed by atoms with E-state index < -0.39 is 0 Å². The van der Waals surface area contributed by atoms with E-state index in [0.29, 0.717) is 11.6 Å². The molecule has 7 nitrogen and oxygen atoms in total. The largest absolute Gasteiger partial charge is 0.379 e. The molecule has 1 aromatic heterocycles. The molecule has 0 aliphatic carbocycles. The van der Waals surface area contributed by atoms with Crippen LogP contribution in [-0.4, -0.2) is 98.2 Å². The lowest BCUT2D eigenvalue weighted by Crippen LogP contribution is -2.50. The van der Waals surface area contributed by atoms with Crippen LogP contribution in [0.1, 0.15) is 23.2 Å². The van der Waals surface area contributed by atoms with Crippen molar-refractivity contribution in [2.75, 3.05) is 71.9 Å². The fraction of sp³-hybridized carbons (Fsp3) is 0.684. The van der Waals surface area contributed by atoms with Crippen molar-refractivity contribution in [3.05, 3.63) is 23.9 Å². The molecular weight excluding hydrogens is 330 g/mol. The lowest BCUT2D eigenvalue weighted by molar-refractivity contribution is 0.00158. The van der Waals surface area contributed by atoms with Gasteiger partial charge in [0.15, 0.2) is 0 Å². The molecule has 3 heterocycles. The van der Waals surface area contributed by atoms with Crippen molar-refractivity contribution in [2.24, 2.45) is 0 Å². The van der Waals surface area contributed by atoms with Gasteiger partial charge in [-0.1, -0.05) is 0 Å². The van der Waals surface area contributed by atoms with Gasteiger partial charge in [0.05, 0.1) is 18.8 Å². The topological polar surface area (TPSA) is 60.9 Å². The summed E-state index contributed by atoms with van der Waals surface area (Å²) in [6.45, 7) is 7.13. The number of rotatable bonds is 6. The molecule has 1 aromatic rings. The van der Waals surface area contributed by atoms with Gasteiger partial charge in [0, 0.05) is 51.5 Å². The van der Waals surface area contributed by atoms with E-state index in [9.17, 15) is 4.79 Å². The van der Waals surface area contributed by atoms with Gasteiger partial charge in [0.1, 0.15) is 5.82 Å². The number of likely N-dealkylation sites (N-methyl/N-ethyl adjacent to an activating group) is 1. The molecule has 0 aromatic carbocycles. The Morgan fingerprint density at radius 3 is 2.58 bits per heavy atom. The molecule has 2 aliphatic rings. The second kappa shape index (κ2) is 9.30. The van der Waals surface area contributed by atoms with Gasteiger partial charge in [-0.2, -0.15) is 0 Å². The van der Waals surface area contributed by atoms with E-state index in [1.54, 1.807) is 6.20 Å². The fourth-order valence-electron chi connectivity index (χ4n) is 3.59. The quantitative estimate of drug-likeness (QED) is 0.815. The standard InChI is InChI=1S/C19H31N5O2/c1-22(2)10-7-20-18-4-3-16(15-21-18)19(25)24-8-5-17(6-9-24)23-11-13-26-14-12-23/h3-4,15,17H,5-14H2,1-2H3,(H,20,21). The number of anilines is 1. The summed E-state index contributed by atoms with van der Waals surface area (Å²) in [6.07, 6.45) is 3.78. The lowest BCUT2D eigenvalue weighted by atomic mass is 10.0. The molecule has 0 bridgehead atoms. The maximum Gasteiger partial charge on any atom is 0.255 e. The van der Waals surface area contributed by atoms with E-state index in [0.717, 1.165) is 71.1 Å². The molecule has 7 heteroatoms. The highest BCUT2D eigenvalue weighted by Gasteiger charge is 2.28. The molecule has 3 rings (SSSR count). The number of pyridine rings is 1. The van der Waals surface area contributed by atoms with Crippen molar-refractivity contribution >= 4 is 11.7 Å². The molecule has 1 N–H and O–H groups in total. The van der Waals surface area contributed by atoms with Crippen LogP contribution in [0.15, 0.2) is 18.3 Å². The maximum atomic E-state index is 12.7. The SMILES string of the molecule is CN(C)CCNc1ccc(C(=O)N2CCC(N3CCOCC3)CC2)cn1. The number of hydrogen-bond donors (Lipinski definition) is 1. The molecule has 0 spiro atoms. The number of likely N-dealkylation sites (tertiary alicyclic amines) is 1. The Hall–Kier alpha value is -1.70.